The van der Waals surface area contributed by atoms with Crippen molar-refractivity contribution < 1.29 is 0 Å². The molecule has 1 aliphatic carbocycles. The molecule has 0 bridgehead atoms. The number of hydrogen-bond donors (Lipinski definition) is 2. The Balaban J connectivity index is 1.76. The van der Waals surface area contributed by atoms with E-state index in [1.807, 2.05) is 11.3 Å². The molecule has 0 unspecified atom stereocenters. The van der Waals surface area contributed by atoms with Crippen molar-refractivity contribution in [2.45, 2.75) is 31.8 Å². The predicted molar refractivity (Wildman–Crippen MR) is 66.2 cm³/mol. The molecule has 2 aliphatic rings. The normalized spacial score (nSPS) is 20.8. The number of rotatable bonds is 1. The number of guanidine groups is 1. The third-order valence-electron chi connectivity index (χ3n) is 3.09. The Kier molecular flexibility index (Phi) is 2.57. The summed E-state index contributed by atoms with van der Waals surface area (Å²) in [6, 6.07) is 2.71. The second-order valence-corrected chi connectivity index (χ2v) is 5.37. The van der Waals surface area contributed by atoms with Crippen molar-refractivity contribution in [2.75, 3.05) is 6.54 Å². The predicted octanol–water partition coefficient (Wildman–Crippen LogP) is 1.09. The zero-order valence-corrected chi connectivity index (χ0v) is 9.96. The molecule has 86 valence electrons. The van der Waals surface area contributed by atoms with Gasteiger partial charge in [-0.15, -0.1) is 11.3 Å². The highest BCUT2D eigenvalue weighted by Crippen LogP contribution is 2.26. The molecule has 1 saturated carbocycles. The summed E-state index contributed by atoms with van der Waals surface area (Å²) in [5, 5.41) is 2.17. The van der Waals surface area contributed by atoms with E-state index < -0.39 is 0 Å². The van der Waals surface area contributed by atoms with Crippen LogP contribution < -0.4 is 11.3 Å². The fourth-order valence-corrected chi connectivity index (χ4v) is 2.91. The van der Waals surface area contributed by atoms with Crippen LogP contribution in [0.2, 0.25) is 0 Å². The quantitative estimate of drug-likeness (QED) is 0.332. The van der Waals surface area contributed by atoms with Crippen LogP contribution in [0.4, 0.5) is 0 Å². The van der Waals surface area contributed by atoms with Crippen molar-refractivity contribution in [1.82, 2.24) is 10.3 Å². The Morgan fingerprint density at radius 3 is 3.19 bits per heavy atom. The summed E-state index contributed by atoms with van der Waals surface area (Å²) in [5.74, 6) is 6.42. The lowest BCUT2D eigenvalue weighted by atomic mass is 10.1. The van der Waals surface area contributed by atoms with Crippen LogP contribution in [0, 0.1) is 0 Å². The summed E-state index contributed by atoms with van der Waals surface area (Å²) in [6.45, 7) is 1.96. The molecule has 3 N–H and O–H groups in total. The standard InChI is InChI=1S/C11H16N4S/c12-14-11(13-9-1-2-9)15-5-3-10-8(7-15)4-6-16-10/h4,6,9H,1-3,5,7,12H2,(H,13,14). The van der Waals surface area contributed by atoms with Gasteiger partial charge in [0.25, 0.3) is 0 Å². The maximum absolute atomic E-state index is 5.56. The highest BCUT2D eigenvalue weighted by Gasteiger charge is 2.24. The minimum Gasteiger partial charge on any atom is -0.337 e. The second kappa shape index (κ2) is 4.07. The van der Waals surface area contributed by atoms with Gasteiger partial charge in [-0.25, -0.2) is 10.8 Å². The molecule has 1 aromatic rings. The molecule has 1 aromatic heterocycles. The maximum Gasteiger partial charge on any atom is 0.208 e. The summed E-state index contributed by atoms with van der Waals surface area (Å²) in [5.41, 5.74) is 4.17. The first-order valence-corrected chi connectivity index (χ1v) is 6.59. The van der Waals surface area contributed by atoms with E-state index in [9.17, 15) is 0 Å². The molecule has 4 nitrogen and oxygen atoms in total. The van der Waals surface area contributed by atoms with E-state index in [0.29, 0.717) is 6.04 Å². The Morgan fingerprint density at radius 2 is 2.44 bits per heavy atom. The molecule has 0 aromatic carbocycles. The summed E-state index contributed by atoms with van der Waals surface area (Å²) in [7, 11) is 0. The van der Waals surface area contributed by atoms with Crippen LogP contribution >= 0.6 is 11.3 Å². The second-order valence-electron chi connectivity index (χ2n) is 4.37. The van der Waals surface area contributed by atoms with Gasteiger partial charge in [0.05, 0.1) is 6.04 Å². The average Bonchev–Trinajstić information content (AvgIpc) is 3.01. The van der Waals surface area contributed by atoms with Crippen LogP contribution in [0.25, 0.3) is 0 Å². The van der Waals surface area contributed by atoms with Gasteiger partial charge in [0.1, 0.15) is 0 Å². The maximum atomic E-state index is 5.56. The highest BCUT2D eigenvalue weighted by molar-refractivity contribution is 7.10. The summed E-state index contributed by atoms with van der Waals surface area (Å²) < 4.78 is 0. The van der Waals surface area contributed by atoms with Gasteiger partial charge in [0.2, 0.25) is 5.96 Å². The van der Waals surface area contributed by atoms with Crippen molar-refractivity contribution in [3.05, 3.63) is 21.9 Å². The van der Waals surface area contributed by atoms with E-state index in [2.05, 4.69) is 26.8 Å². The lowest BCUT2D eigenvalue weighted by Crippen LogP contribution is -2.46. The van der Waals surface area contributed by atoms with Crippen molar-refractivity contribution in [3.8, 4) is 0 Å². The van der Waals surface area contributed by atoms with Crippen molar-refractivity contribution in [1.29, 1.82) is 0 Å². The van der Waals surface area contributed by atoms with Crippen LogP contribution in [0.1, 0.15) is 23.3 Å². The Labute approximate surface area is 99.1 Å². The SMILES string of the molecule is NNC(=NC1CC1)N1CCc2sccc2C1. The zero-order chi connectivity index (χ0) is 11.0. The first-order chi connectivity index (χ1) is 7.86. The molecular weight excluding hydrogens is 220 g/mol. The van der Waals surface area contributed by atoms with E-state index in [1.165, 1.54) is 23.3 Å². The number of fused-ring (bicyclic) bond motifs is 1. The Morgan fingerprint density at radius 1 is 1.56 bits per heavy atom. The molecule has 3 rings (SSSR count). The van der Waals surface area contributed by atoms with E-state index in [4.69, 9.17) is 5.84 Å². The molecule has 1 aliphatic heterocycles. The summed E-state index contributed by atoms with van der Waals surface area (Å²) in [6.07, 6.45) is 3.53. The van der Waals surface area contributed by atoms with Crippen molar-refractivity contribution >= 4 is 17.3 Å². The van der Waals surface area contributed by atoms with Gasteiger partial charge in [-0.05, 0) is 36.3 Å². The minimum atomic E-state index is 0.509. The number of nitrogens with one attached hydrogen (secondary N) is 1. The Bertz CT molecular complexity index is 408. The van der Waals surface area contributed by atoms with Crippen LogP contribution in [0.5, 0.6) is 0 Å². The van der Waals surface area contributed by atoms with Crippen LogP contribution in [0.15, 0.2) is 16.4 Å². The van der Waals surface area contributed by atoms with Gasteiger partial charge in [-0.2, -0.15) is 0 Å². The molecule has 0 saturated heterocycles. The van der Waals surface area contributed by atoms with Crippen LogP contribution in [-0.2, 0) is 13.0 Å². The number of hydrazine groups is 1. The monoisotopic (exact) mass is 236 g/mol. The number of thiophene rings is 1. The van der Waals surface area contributed by atoms with Crippen LogP contribution in [0.3, 0.4) is 0 Å². The fraction of sp³-hybridized carbons (Fsp3) is 0.545. The third-order valence-corrected chi connectivity index (χ3v) is 4.11. The molecule has 5 heteroatoms. The molecule has 2 heterocycles. The topological polar surface area (TPSA) is 53.6 Å². The van der Waals surface area contributed by atoms with Gasteiger partial charge < -0.3 is 4.90 Å². The summed E-state index contributed by atoms with van der Waals surface area (Å²) >= 11 is 1.85. The van der Waals surface area contributed by atoms with Gasteiger partial charge in [-0.1, -0.05) is 0 Å². The van der Waals surface area contributed by atoms with Crippen molar-refractivity contribution in [3.63, 3.8) is 0 Å². The molecular formula is C11H16N4S. The van der Waals surface area contributed by atoms with Gasteiger partial charge >= 0.3 is 0 Å². The van der Waals surface area contributed by atoms with E-state index >= 15 is 0 Å². The van der Waals surface area contributed by atoms with Gasteiger partial charge in [-0.3, -0.25) is 5.43 Å². The number of nitrogens with zero attached hydrogens (tertiary/aromatic N) is 2. The molecule has 0 atom stereocenters. The Hall–Kier alpha value is -1.07. The first-order valence-electron chi connectivity index (χ1n) is 5.71. The average molecular weight is 236 g/mol. The minimum absolute atomic E-state index is 0.509. The zero-order valence-electron chi connectivity index (χ0n) is 9.15. The first kappa shape index (κ1) is 10.1. The molecule has 0 amide bonds. The molecule has 0 spiro atoms. The lowest BCUT2D eigenvalue weighted by molar-refractivity contribution is 0.381. The third kappa shape index (κ3) is 1.92. The van der Waals surface area contributed by atoms with Crippen molar-refractivity contribution in [2.24, 2.45) is 10.8 Å². The number of hydrogen-bond acceptors (Lipinski definition) is 3. The molecule has 1 fully saturated rings. The molecule has 0 radical (unpaired) electrons. The van der Waals surface area contributed by atoms with Gasteiger partial charge in [0.15, 0.2) is 0 Å². The van der Waals surface area contributed by atoms with Gasteiger partial charge in [0, 0.05) is 18.0 Å². The molecule has 16 heavy (non-hydrogen) atoms. The van der Waals surface area contributed by atoms with E-state index in [0.717, 1.165) is 25.5 Å². The largest absolute Gasteiger partial charge is 0.337 e. The highest BCUT2D eigenvalue weighted by atomic mass is 32.1. The van der Waals surface area contributed by atoms with Crippen LogP contribution in [-0.4, -0.2) is 23.4 Å². The van der Waals surface area contributed by atoms with E-state index in [1.54, 1.807) is 0 Å². The van der Waals surface area contributed by atoms with E-state index in [-0.39, 0.29) is 0 Å². The smallest absolute Gasteiger partial charge is 0.208 e. The summed E-state index contributed by atoms with van der Waals surface area (Å²) in [4.78, 5) is 8.35. The fourth-order valence-electron chi connectivity index (χ4n) is 2.02. The number of nitrogens with two attached hydrogens (primary N) is 1. The lowest BCUT2D eigenvalue weighted by Gasteiger charge is -2.29. The number of aliphatic imine (C=N–C) groups is 1.